The van der Waals surface area contributed by atoms with Crippen LogP contribution in [0, 0.1) is 0 Å². The van der Waals surface area contributed by atoms with Crippen molar-refractivity contribution in [2.75, 3.05) is 6.54 Å². The molecule has 2 heterocycles. The molecule has 0 saturated carbocycles. The minimum atomic E-state index is -1.16. The van der Waals surface area contributed by atoms with Crippen LogP contribution in [0.2, 0.25) is 5.02 Å². The number of carbonyl (C=O) groups is 3. The molecule has 1 fully saturated rings. The van der Waals surface area contributed by atoms with Gasteiger partial charge in [-0.1, -0.05) is 17.7 Å². The number of aromatic carboxylic acids is 1. The van der Waals surface area contributed by atoms with Crippen LogP contribution in [0.3, 0.4) is 0 Å². The molecule has 2 N–H and O–H groups in total. The first-order chi connectivity index (χ1) is 13.3. The zero-order valence-electron chi connectivity index (χ0n) is 14.3. The molecule has 1 aromatic heterocycles. The molecule has 1 saturated heterocycles. The molecule has 0 spiro atoms. The normalized spacial score (nSPS) is 15.7. The van der Waals surface area contributed by atoms with Gasteiger partial charge in [-0.3, -0.25) is 19.8 Å². The second kappa shape index (κ2) is 7.79. The molecular formula is C19H13ClN2O5S. The Hall–Kier alpha value is -3.23. The molecule has 28 heavy (non-hydrogen) atoms. The molecule has 1 aliphatic heterocycles. The second-order valence-corrected chi connectivity index (χ2v) is 6.52. The molecule has 0 unspecified atom stereocenters. The number of nitrogens with zero attached hydrogens (tertiary/aromatic N) is 1. The molecule has 9 heteroatoms. The number of nitrogens with one attached hydrogen (secondary N) is 1. The summed E-state index contributed by atoms with van der Waals surface area (Å²) in [5, 5.41) is 11.7. The van der Waals surface area contributed by atoms with E-state index in [-0.39, 0.29) is 33.6 Å². The van der Waals surface area contributed by atoms with E-state index in [1.807, 2.05) is 0 Å². The van der Waals surface area contributed by atoms with Crippen molar-refractivity contribution >= 4 is 52.8 Å². The fourth-order valence-electron chi connectivity index (χ4n) is 2.56. The summed E-state index contributed by atoms with van der Waals surface area (Å²) in [6.07, 6.45) is 2.79. The van der Waals surface area contributed by atoms with Gasteiger partial charge in [-0.25, -0.2) is 4.79 Å². The Labute approximate surface area is 169 Å². The lowest BCUT2D eigenvalue weighted by atomic mass is 10.1. The summed E-state index contributed by atoms with van der Waals surface area (Å²) >= 11 is 10.9. The van der Waals surface area contributed by atoms with Gasteiger partial charge in [0, 0.05) is 12.1 Å². The molecule has 2 amide bonds. The van der Waals surface area contributed by atoms with E-state index in [9.17, 15) is 19.5 Å². The monoisotopic (exact) mass is 416 g/mol. The first kappa shape index (κ1) is 19.5. The van der Waals surface area contributed by atoms with Crippen LogP contribution >= 0.6 is 23.8 Å². The number of carboxylic acids is 1. The van der Waals surface area contributed by atoms with E-state index in [0.29, 0.717) is 11.3 Å². The maximum Gasteiger partial charge on any atom is 0.337 e. The molecule has 142 valence electrons. The van der Waals surface area contributed by atoms with Gasteiger partial charge in [0.15, 0.2) is 5.11 Å². The summed E-state index contributed by atoms with van der Waals surface area (Å²) in [5.74, 6) is -1.76. The Kier molecular flexibility index (Phi) is 5.43. The van der Waals surface area contributed by atoms with Gasteiger partial charge in [0.2, 0.25) is 0 Å². The maximum absolute atomic E-state index is 12.5. The predicted molar refractivity (Wildman–Crippen MR) is 107 cm³/mol. The number of carbonyl (C=O) groups excluding carboxylic acids is 2. The summed E-state index contributed by atoms with van der Waals surface area (Å²) in [6, 6.07) is 7.59. The standard InChI is InChI=1S/C19H13ClN2O5S/c1-2-7-22-17(24)13(16(23)21-19(22)28)9-11-4-6-15(27-11)10-3-5-14(20)12(8-10)18(25)26/h2-6,8-9H,1,7H2,(H,25,26)(H,21,23,28)/b13-9-. The minimum Gasteiger partial charge on any atom is -0.478 e. The van der Waals surface area contributed by atoms with E-state index in [0.717, 1.165) is 0 Å². The molecule has 0 bridgehead atoms. The zero-order chi connectivity index (χ0) is 20.4. The van der Waals surface area contributed by atoms with Crippen LogP contribution in [0.25, 0.3) is 17.4 Å². The van der Waals surface area contributed by atoms with Crippen LogP contribution in [0.15, 0.2) is 53.0 Å². The number of carboxylic acid groups (broad SMARTS) is 1. The first-order valence-electron chi connectivity index (χ1n) is 7.94. The highest BCUT2D eigenvalue weighted by molar-refractivity contribution is 7.80. The van der Waals surface area contributed by atoms with Crippen molar-refractivity contribution in [2.24, 2.45) is 0 Å². The molecule has 7 nitrogen and oxygen atoms in total. The molecule has 0 aliphatic carbocycles. The van der Waals surface area contributed by atoms with Crippen LogP contribution in [0.1, 0.15) is 16.1 Å². The zero-order valence-corrected chi connectivity index (χ0v) is 15.8. The summed E-state index contributed by atoms with van der Waals surface area (Å²) in [5.41, 5.74) is 0.282. The van der Waals surface area contributed by atoms with Crippen LogP contribution in [0.4, 0.5) is 0 Å². The quantitative estimate of drug-likeness (QED) is 0.336. The SMILES string of the molecule is C=CCN1C(=O)/C(=C\c2ccc(-c3ccc(Cl)c(C(=O)O)c3)o2)C(=O)NC1=S. The molecule has 1 aromatic carbocycles. The molecule has 1 aliphatic rings. The lowest BCUT2D eigenvalue weighted by Crippen LogP contribution is -2.53. The number of rotatable bonds is 5. The van der Waals surface area contributed by atoms with Gasteiger partial charge in [-0.2, -0.15) is 0 Å². The Bertz CT molecular complexity index is 1060. The molecule has 3 rings (SSSR count). The highest BCUT2D eigenvalue weighted by atomic mass is 35.5. The molecule has 2 aromatic rings. The number of furan rings is 1. The lowest BCUT2D eigenvalue weighted by Gasteiger charge is -2.27. The summed E-state index contributed by atoms with van der Waals surface area (Å²) in [6.45, 7) is 3.71. The number of hydrogen-bond donors (Lipinski definition) is 2. The van der Waals surface area contributed by atoms with E-state index in [1.165, 1.54) is 29.2 Å². The third-order valence-corrected chi connectivity index (χ3v) is 4.54. The third kappa shape index (κ3) is 3.73. The van der Waals surface area contributed by atoms with Crippen LogP contribution in [-0.4, -0.2) is 39.4 Å². The largest absolute Gasteiger partial charge is 0.478 e. The second-order valence-electron chi connectivity index (χ2n) is 5.72. The summed E-state index contributed by atoms with van der Waals surface area (Å²) in [7, 11) is 0. The Morgan fingerprint density at radius 1 is 1.32 bits per heavy atom. The van der Waals surface area contributed by atoms with E-state index in [4.69, 9.17) is 28.2 Å². The molecule has 0 radical (unpaired) electrons. The fourth-order valence-corrected chi connectivity index (χ4v) is 3.01. The van der Waals surface area contributed by atoms with Crippen molar-refractivity contribution in [2.45, 2.75) is 0 Å². The number of hydrogen-bond acceptors (Lipinski definition) is 5. The summed E-state index contributed by atoms with van der Waals surface area (Å²) < 4.78 is 5.65. The van der Waals surface area contributed by atoms with Crippen molar-refractivity contribution in [3.63, 3.8) is 0 Å². The topological polar surface area (TPSA) is 99.8 Å². The highest BCUT2D eigenvalue weighted by Gasteiger charge is 2.32. The Morgan fingerprint density at radius 2 is 2.07 bits per heavy atom. The molecular weight excluding hydrogens is 404 g/mol. The third-order valence-electron chi connectivity index (χ3n) is 3.89. The van der Waals surface area contributed by atoms with Gasteiger partial charge in [-0.15, -0.1) is 6.58 Å². The first-order valence-corrected chi connectivity index (χ1v) is 8.73. The van der Waals surface area contributed by atoms with E-state index in [1.54, 1.807) is 18.2 Å². The van der Waals surface area contributed by atoms with Crippen LogP contribution < -0.4 is 5.32 Å². The van der Waals surface area contributed by atoms with Crippen LogP contribution in [-0.2, 0) is 9.59 Å². The minimum absolute atomic E-state index is 0.00884. The molecule has 0 atom stereocenters. The number of halogens is 1. The van der Waals surface area contributed by atoms with E-state index < -0.39 is 17.8 Å². The van der Waals surface area contributed by atoms with Crippen LogP contribution in [0.5, 0.6) is 0 Å². The van der Waals surface area contributed by atoms with Crippen molar-refractivity contribution in [3.8, 4) is 11.3 Å². The Morgan fingerprint density at radius 3 is 2.75 bits per heavy atom. The predicted octanol–water partition coefficient (Wildman–Crippen LogP) is 3.11. The van der Waals surface area contributed by atoms with Gasteiger partial charge < -0.3 is 9.52 Å². The fraction of sp³-hybridized carbons (Fsp3) is 0.0526. The number of amides is 2. The number of thiocarbonyl (C=S) groups is 1. The van der Waals surface area contributed by atoms with E-state index in [2.05, 4.69) is 11.9 Å². The van der Waals surface area contributed by atoms with Gasteiger partial charge >= 0.3 is 5.97 Å². The average molecular weight is 417 g/mol. The van der Waals surface area contributed by atoms with Gasteiger partial charge in [0.1, 0.15) is 17.1 Å². The van der Waals surface area contributed by atoms with E-state index >= 15 is 0 Å². The van der Waals surface area contributed by atoms with Gasteiger partial charge in [0.05, 0.1) is 10.6 Å². The smallest absolute Gasteiger partial charge is 0.337 e. The Balaban J connectivity index is 1.94. The maximum atomic E-state index is 12.5. The van der Waals surface area contributed by atoms with Crippen molar-refractivity contribution in [1.82, 2.24) is 10.2 Å². The van der Waals surface area contributed by atoms with Gasteiger partial charge in [0.25, 0.3) is 11.8 Å². The van der Waals surface area contributed by atoms with Crippen molar-refractivity contribution in [1.29, 1.82) is 0 Å². The average Bonchev–Trinajstić information content (AvgIpc) is 3.11. The van der Waals surface area contributed by atoms with Crippen molar-refractivity contribution in [3.05, 3.63) is 64.9 Å². The highest BCUT2D eigenvalue weighted by Crippen LogP contribution is 2.28. The van der Waals surface area contributed by atoms with Gasteiger partial charge in [-0.05, 0) is 48.6 Å². The van der Waals surface area contributed by atoms with Crippen molar-refractivity contribution < 1.29 is 23.9 Å². The lowest BCUT2D eigenvalue weighted by molar-refractivity contribution is -0.128. The summed E-state index contributed by atoms with van der Waals surface area (Å²) in [4.78, 5) is 37.1. The number of benzene rings is 1.